The fourth-order valence-electron chi connectivity index (χ4n) is 2.34. The minimum Gasteiger partial charge on any atom is -0.492 e. The Morgan fingerprint density at radius 3 is 2.83 bits per heavy atom. The molecular formula is C17H16F3N3O. The van der Waals surface area contributed by atoms with E-state index in [9.17, 15) is 13.2 Å². The van der Waals surface area contributed by atoms with Gasteiger partial charge in [0.2, 0.25) is 0 Å². The predicted molar refractivity (Wildman–Crippen MR) is 83.8 cm³/mol. The lowest BCUT2D eigenvalue weighted by atomic mass is 10.2. The molecule has 0 spiro atoms. The van der Waals surface area contributed by atoms with Crippen LogP contribution in [0, 0.1) is 0 Å². The van der Waals surface area contributed by atoms with Crippen LogP contribution in [0.2, 0.25) is 0 Å². The number of hydrogen-bond acceptors (Lipinski definition) is 3. The second kappa shape index (κ2) is 6.92. The quantitative estimate of drug-likeness (QED) is 0.701. The van der Waals surface area contributed by atoms with Gasteiger partial charge in [0.25, 0.3) is 0 Å². The molecule has 3 aromatic rings. The highest BCUT2D eigenvalue weighted by Gasteiger charge is 2.30. The Balaban J connectivity index is 1.48. The molecule has 2 heterocycles. The number of benzene rings is 1. The van der Waals surface area contributed by atoms with E-state index in [0.29, 0.717) is 13.1 Å². The summed E-state index contributed by atoms with van der Waals surface area (Å²) in [6, 6.07) is 10.6. The highest BCUT2D eigenvalue weighted by atomic mass is 19.4. The van der Waals surface area contributed by atoms with Crippen molar-refractivity contribution in [2.75, 3.05) is 13.2 Å². The van der Waals surface area contributed by atoms with Gasteiger partial charge in [-0.05, 0) is 30.3 Å². The Morgan fingerprint density at radius 2 is 2.00 bits per heavy atom. The van der Waals surface area contributed by atoms with E-state index in [2.05, 4.69) is 10.3 Å². The summed E-state index contributed by atoms with van der Waals surface area (Å²) in [4.78, 5) is 4.28. The summed E-state index contributed by atoms with van der Waals surface area (Å²) in [6.45, 7) is 1.38. The van der Waals surface area contributed by atoms with E-state index in [-0.39, 0.29) is 12.4 Å². The van der Waals surface area contributed by atoms with Gasteiger partial charge in [-0.1, -0.05) is 12.1 Å². The van der Waals surface area contributed by atoms with Crippen LogP contribution in [-0.4, -0.2) is 22.5 Å². The molecule has 24 heavy (non-hydrogen) atoms. The molecular weight excluding hydrogens is 319 g/mol. The number of pyridine rings is 1. The smallest absolute Gasteiger partial charge is 0.416 e. The summed E-state index contributed by atoms with van der Waals surface area (Å²) in [6.07, 6.45) is -0.644. The topological polar surface area (TPSA) is 38.6 Å². The number of ether oxygens (including phenoxy) is 1. The number of nitrogens with one attached hydrogen (secondary N) is 1. The first-order valence-electron chi connectivity index (χ1n) is 7.46. The largest absolute Gasteiger partial charge is 0.492 e. The third kappa shape index (κ3) is 3.86. The van der Waals surface area contributed by atoms with Gasteiger partial charge in [-0.25, -0.2) is 4.98 Å². The maximum absolute atomic E-state index is 12.6. The van der Waals surface area contributed by atoms with Crippen molar-refractivity contribution in [1.29, 1.82) is 0 Å². The van der Waals surface area contributed by atoms with E-state index in [4.69, 9.17) is 4.74 Å². The van der Waals surface area contributed by atoms with E-state index < -0.39 is 11.7 Å². The molecule has 0 bridgehead atoms. The van der Waals surface area contributed by atoms with Crippen LogP contribution in [-0.2, 0) is 12.7 Å². The van der Waals surface area contributed by atoms with Gasteiger partial charge in [-0.15, -0.1) is 0 Å². The molecule has 0 amide bonds. The molecule has 0 aliphatic heterocycles. The van der Waals surface area contributed by atoms with Gasteiger partial charge in [0.05, 0.1) is 17.5 Å². The number of aromatic nitrogens is 2. The predicted octanol–water partition coefficient (Wildman–Crippen LogP) is 3.52. The summed E-state index contributed by atoms with van der Waals surface area (Å²) in [5.74, 6) is 0.210. The van der Waals surface area contributed by atoms with Gasteiger partial charge < -0.3 is 14.5 Å². The molecule has 4 nitrogen and oxygen atoms in total. The second-order valence-corrected chi connectivity index (χ2v) is 5.23. The molecule has 3 rings (SSSR count). The van der Waals surface area contributed by atoms with E-state index in [1.807, 2.05) is 28.8 Å². The van der Waals surface area contributed by atoms with Crippen LogP contribution in [0.3, 0.4) is 0 Å². The molecule has 126 valence electrons. The minimum absolute atomic E-state index is 0.210. The average Bonchev–Trinajstić information content (AvgIpc) is 2.97. The van der Waals surface area contributed by atoms with Crippen LogP contribution in [0.1, 0.15) is 11.3 Å². The molecule has 1 aromatic carbocycles. The maximum Gasteiger partial charge on any atom is 0.416 e. The molecule has 0 unspecified atom stereocenters. The van der Waals surface area contributed by atoms with Crippen molar-refractivity contribution < 1.29 is 17.9 Å². The lowest BCUT2D eigenvalue weighted by Gasteiger charge is -2.10. The summed E-state index contributed by atoms with van der Waals surface area (Å²) in [7, 11) is 0. The van der Waals surface area contributed by atoms with Crippen molar-refractivity contribution in [1.82, 2.24) is 14.7 Å². The number of alkyl halides is 3. The zero-order valence-corrected chi connectivity index (χ0v) is 12.8. The van der Waals surface area contributed by atoms with Gasteiger partial charge in [0.15, 0.2) is 0 Å². The Bertz CT molecular complexity index is 814. The molecule has 0 saturated heterocycles. The van der Waals surface area contributed by atoms with Crippen LogP contribution in [0.4, 0.5) is 13.2 Å². The van der Waals surface area contributed by atoms with Crippen molar-refractivity contribution in [3.63, 3.8) is 0 Å². The van der Waals surface area contributed by atoms with Crippen molar-refractivity contribution in [2.24, 2.45) is 0 Å². The van der Waals surface area contributed by atoms with Gasteiger partial charge in [0, 0.05) is 19.3 Å². The number of rotatable bonds is 6. The fourth-order valence-corrected chi connectivity index (χ4v) is 2.34. The van der Waals surface area contributed by atoms with Crippen LogP contribution in [0.15, 0.2) is 54.9 Å². The van der Waals surface area contributed by atoms with Crippen LogP contribution in [0.25, 0.3) is 5.65 Å². The Labute approximate surface area is 136 Å². The number of fused-ring (bicyclic) bond motifs is 1. The Hall–Kier alpha value is -2.54. The molecule has 0 saturated carbocycles. The number of nitrogens with zero attached hydrogens (tertiary/aromatic N) is 2. The highest BCUT2D eigenvalue weighted by molar-refractivity contribution is 5.39. The molecule has 7 heteroatoms. The minimum atomic E-state index is -4.36. The zero-order chi connectivity index (χ0) is 17.0. The molecule has 1 N–H and O–H groups in total. The SMILES string of the molecule is FC(F)(F)c1cccc(OCCNCc2cnc3ccccn23)c1. The highest BCUT2D eigenvalue weighted by Crippen LogP contribution is 2.31. The normalized spacial score (nSPS) is 11.8. The molecule has 0 aliphatic carbocycles. The second-order valence-electron chi connectivity index (χ2n) is 5.23. The van der Waals surface area contributed by atoms with Crippen LogP contribution < -0.4 is 10.1 Å². The first-order chi connectivity index (χ1) is 11.5. The van der Waals surface area contributed by atoms with E-state index in [1.165, 1.54) is 12.1 Å². The third-order valence-corrected chi connectivity index (χ3v) is 3.51. The standard InChI is InChI=1S/C17H16F3N3O/c18-17(19,20)13-4-3-5-15(10-13)24-9-7-21-11-14-12-22-16-6-1-2-8-23(14)16/h1-6,8,10,12,21H,7,9,11H2. The Kier molecular flexibility index (Phi) is 4.71. The monoisotopic (exact) mass is 335 g/mol. The zero-order valence-electron chi connectivity index (χ0n) is 12.8. The third-order valence-electron chi connectivity index (χ3n) is 3.51. The lowest BCUT2D eigenvalue weighted by Crippen LogP contribution is -2.21. The van der Waals surface area contributed by atoms with Gasteiger partial charge in [-0.2, -0.15) is 13.2 Å². The molecule has 0 radical (unpaired) electrons. The van der Waals surface area contributed by atoms with Crippen molar-refractivity contribution in [3.8, 4) is 5.75 Å². The first-order valence-corrected chi connectivity index (χ1v) is 7.46. The summed E-state index contributed by atoms with van der Waals surface area (Å²) >= 11 is 0. The maximum atomic E-state index is 12.6. The number of hydrogen-bond donors (Lipinski definition) is 1. The lowest BCUT2D eigenvalue weighted by molar-refractivity contribution is -0.137. The molecule has 0 fully saturated rings. The van der Waals surface area contributed by atoms with Crippen molar-refractivity contribution in [3.05, 3.63) is 66.1 Å². The van der Waals surface area contributed by atoms with Gasteiger partial charge >= 0.3 is 6.18 Å². The molecule has 0 atom stereocenters. The molecule has 0 aliphatic rings. The van der Waals surface area contributed by atoms with Crippen molar-refractivity contribution >= 4 is 5.65 Å². The summed E-state index contributed by atoms with van der Waals surface area (Å²) in [5.41, 5.74) is 1.16. The first kappa shape index (κ1) is 16.3. The van der Waals surface area contributed by atoms with Gasteiger partial charge in [0.1, 0.15) is 18.0 Å². The molecule has 2 aromatic heterocycles. The van der Waals surface area contributed by atoms with Crippen LogP contribution >= 0.6 is 0 Å². The van der Waals surface area contributed by atoms with Gasteiger partial charge in [-0.3, -0.25) is 0 Å². The summed E-state index contributed by atoms with van der Waals surface area (Å²) in [5, 5.41) is 3.19. The Morgan fingerprint density at radius 1 is 1.12 bits per heavy atom. The average molecular weight is 335 g/mol. The fraction of sp³-hybridized carbons (Fsp3) is 0.235. The van der Waals surface area contributed by atoms with Crippen LogP contribution in [0.5, 0.6) is 5.75 Å². The van der Waals surface area contributed by atoms with E-state index >= 15 is 0 Å². The number of halogens is 3. The van der Waals surface area contributed by atoms with E-state index in [0.717, 1.165) is 23.5 Å². The van der Waals surface area contributed by atoms with E-state index in [1.54, 1.807) is 6.20 Å². The number of imidazole rings is 1. The van der Waals surface area contributed by atoms with Crippen molar-refractivity contribution in [2.45, 2.75) is 12.7 Å². The summed E-state index contributed by atoms with van der Waals surface area (Å²) < 4.78 is 45.2.